The molecule has 1 N–H and O–H groups in total. The van der Waals surface area contributed by atoms with E-state index in [0.717, 1.165) is 28.8 Å². The van der Waals surface area contributed by atoms with E-state index in [1.54, 1.807) is 24.1 Å². The minimum atomic E-state index is -0.265. The topological polar surface area (TPSA) is 84.7 Å². The molecule has 3 heterocycles. The molecule has 0 aliphatic carbocycles. The van der Waals surface area contributed by atoms with Gasteiger partial charge >= 0.3 is 0 Å². The van der Waals surface area contributed by atoms with Crippen LogP contribution in [0, 0.1) is 5.92 Å². The van der Waals surface area contributed by atoms with Crippen molar-refractivity contribution >= 4 is 38.5 Å². The summed E-state index contributed by atoms with van der Waals surface area (Å²) in [5.41, 5.74) is 0.814. The van der Waals surface area contributed by atoms with Gasteiger partial charge in [0.1, 0.15) is 5.75 Å². The summed E-state index contributed by atoms with van der Waals surface area (Å²) in [5, 5.41) is 3.45. The van der Waals surface area contributed by atoms with Crippen molar-refractivity contribution < 1.29 is 18.7 Å². The lowest BCUT2D eigenvalue weighted by atomic mass is 9.97. The van der Waals surface area contributed by atoms with Gasteiger partial charge in [0.15, 0.2) is 10.9 Å². The number of amides is 2. The van der Waals surface area contributed by atoms with Crippen LogP contribution in [0.2, 0.25) is 0 Å². The first-order valence-electron chi connectivity index (χ1n) is 8.72. The molecule has 8 heteroatoms. The number of anilines is 1. The predicted octanol–water partition coefficient (Wildman–Crippen LogP) is 3.39. The molecule has 1 aliphatic heterocycles. The van der Waals surface area contributed by atoms with E-state index in [1.165, 1.54) is 17.6 Å². The maximum Gasteiger partial charge on any atom is 0.289 e. The van der Waals surface area contributed by atoms with Crippen LogP contribution < -0.4 is 10.1 Å². The highest BCUT2D eigenvalue weighted by Crippen LogP contribution is 2.30. The first-order valence-corrected chi connectivity index (χ1v) is 9.54. The summed E-state index contributed by atoms with van der Waals surface area (Å²) in [6.45, 7) is 1.01. The molecule has 0 radical (unpaired) electrons. The molecule has 0 saturated carbocycles. The number of benzene rings is 1. The number of rotatable bonds is 4. The summed E-state index contributed by atoms with van der Waals surface area (Å²) in [7, 11) is 1.61. The third-order valence-electron chi connectivity index (χ3n) is 4.64. The van der Waals surface area contributed by atoms with Crippen LogP contribution in [0.1, 0.15) is 23.4 Å². The van der Waals surface area contributed by atoms with E-state index in [0.29, 0.717) is 24.0 Å². The zero-order valence-corrected chi connectivity index (χ0v) is 15.6. The van der Waals surface area contributed by atoms with Gasteiger partial charge in [-0.25, -0.2) is 4.98 Å². The van der Waals surface area contributed by atoms with Crippen LogP contribution in [0.25, 0.3) is 10.2 Å². The number of aromatic nitrogens is 1. The second kappa shape index (κ2) is 7.40. The van der Waals surface area contributed by atoms with E-state index in [1.807, 2.05) is 18.2 Å². The third-order valence-corrected chi connectivity index (χ3v) is 5.57. The normalized spacial score (nSPS) is 17.1. The molecule has 1 saturated heterocycles. The van der Waals surface area contributed by atoms with Crippen molar-refractivity contribution in [2.24, 2.45) is 5.92 Å². The summed E-state index contributed by atoms with van der Waals surface area (Å²) in [4.78, 5) is 31.3. The molecule has 1 aliphatic rings. The Hall–Kier alpha value is -2.87. The van der Waals surface area contributed by atoms with E-state index < -0.39 is 0 Å². The highest BCUT2D eigenvalue weighted by atomic mass is 32.1. The van der Waals surface area contributed by atoms with Crippen molar-refractivity contribution in [3.8, 4) is 5.75 Å². The fraction of sp³-hybridized carbons (Fsp3) is 0.316. The summed E-state index contributed by atoms with van der Waals surface area (Å²) in [6, 6.07) is 8.93. The summed E-state index contributed by atoms with van der Waals surface area (Å²) >= 11 is 1.41. The Morgan fingerprint density at radius 3 is 3.04 bits per heavy atom. The molecule has 140 valence electrons. The maximum absolute atomic E-state index is 12.7. The first-order chi connectivity index (χ1) is 13.1. The standard InChI is InChI=1S/C19H19N3O4S/c1-25-13-6-7-14-16(10-13)27-19(20-14)21-17(23)12-4-2-8-22(11-12)18(24)15-5-3-9-26-15/h3,5-7,9-10,12H,2,4,8,11H2,1H3,(H,20,21,23)/t12-/m1/s1. The third kappa shape index (κ3) is 3.66. The monoisotopic (exact) mass is 385 g/mol. The summed E-state index contributed by atoms with van der Waals surface area (Å²) < 4.78 is 11.3. The number of furan rings is 1. The predicted molar refractivity (Wildman–Crippen MR) is 102 cm³/mol. The SMILES string of the molecule is COc1ccc2nc(NC(=O)[C@@H]3CCCN(C(=O)c4ccco4)C3)sc2c1. The highest BCUT2D eigenvalue weighted by molar-refractivity contribution is 7.22. The van der Waals surface area contributed by atoms with Crippen LogP contribution >= 0.6 is 11.3 Å². The van der Waals surface area contributed by atoms with Gasteiger partial charge in [-0.2, -0.15) is 0 Å². The molecule has 2 aromatic heterocycles. The molecule has 7 nitrogen and oxygen atoms in total. The highest BCUT2D eigenvalue weighted by Gasteiger charge is 2.30. The molecule has 0 spiro atoms. The van der Waals surface area contributed by atoms with Crippen LogP contribution in [0.4, 0.5) is 5.13 Å². The van der Waals surface area contributed by atoms with Crippen molar-refractivity contribution in [3.05, 3.63) is 42.4 Å². The van der Waals surface area contributed by atoms with Gasteiger partial charge in [0.25, 0.3) is 5.91 Å². The molecule has 0 bridgehead atoms. The molecule has 1 atom stereocenters. The number of thiazole rings is 1. The molecule has 0 unspecified atom stereocenters. The number of ether oxygens (including phenoxy) is 1. The Morgan fingerprint density at radius 2 is 2.26 bits per heavy atom. The van der Waals surface area contributed by atoms with Crippen LogP contribution in [-0.4, -0.2) is 41.9 Å². The van der Waals surface area contributed by atoms with E-state index in [2.05, 4.69) is 10.3 Å². The lowest BCUT2D eigenvalue weighted by Gasteiger charge is -2.31. The first kappa shape index (κ1) is 17.5. The average molecular weight is 385 g/mol. The van der Waals surface area contributed by atoms with Gasteiger partial charge in [-0.3, -0.25) is 9.59 Å². The van der Waals surface area contributed by atoms with Crippen molar-refractivity contribution in [1.82, 2.24) is 9.88 Å². The second-order valence-electron chi connectivity index (χ2n) is 6.41. The van der Waals surface area contributed by atoms with Crippen molar-refractivity contribution in [2.75, 3.05) is 25.5 Å². The number of piperidine rings is 1. The Kier molecular flexibility index (Phi) is 4.81. The molecule has 3 aromatic rings. The molecule has 4 rings (SSSR count). The van der Waals surface area contributed by atoms with E-state index in [4.69, 9.17) is 9.15 Å². The average Bonchev–Trinajstić information content (AvgIpc) is 3.36. The quantitative estimate of drug-likeness (QED) is 0.744. The van der Waals surface area contributed by atoms with Gasteiger partial charge < -0.3 is 19.4 Å². The van der Waals surface area contributed by atoms with E-state index in [9.17, 15) is 9.59 Å². The Labute approximate surface area is 159 Å². The van der Waals surface area contributed by atoms with Gasteiger partial charge in [-0.15, -0.1) is 0 Å². The van der Waals surface area contributed by atoms with Gasteiger partial charge in [-0.1, -0.05) is 11.3 Å². The van der Waals surface area contributed by atoms with Gasteiger partial charge in [0.2, 0.25) is 5.91 Å². The van der Waals surface area contributed by atoms with Gasteiger partial charge in [0.05, 0.1) is 29.5 Å². The zero-order chi connectivity index (χ0) is 18.8. The van der Waals surface area contributed by atoms with Gasteiger partial charge in [-0.05, 0) is 43.2 Å². The number of hydrogen-bond acceptors (Lipinski definition) is 6. The molecule has 1 fully saturated rings. The van der Waals surface area contributed by atoms with Gasteiger partial charge in [0, 0.05) is 13.1 Å². The van der Waals surface area contributed by atoms with Crippen LogP contribution in [0.3, 0.4) is 0 Å². The lowest BCUT2D eigenvalue weighted by molar-refractivity contribution is -0.121. The van der Waals surface area contributed by atoms with E-state index in [-0.39, 0.29) is 17.7 Å². The number of likely N-dealkylation sites (tertiary alicyclic amines) is 1. The summed E-state index contributed by atoms with van der Waals surface area (Å²) in [5.74, 6) is 0.501. The second-order valence-corrected chi connectivity index (χ2v) is 7.44. The van der Waals surface area contributed by atoms with Crippen molar-refractivity contribution in [3.63, 3.8) is 0 Å². The molecule has 1 aromatic carbocycles. The molecular weight excluding hydrogens is 366 g/mol. The summed E-state index contributed by atoms with van der Waals surface area (Å²) in [6.07, 6.45) is 3.00. The number of hydrogen-bond donors (Lipinski definition) is 1. The fourth-order valence-electron chi connectivity index (χ4n) is 3.22. The number of nitrogens with zero attached hydrogens (tertiary/aromatic N) is 2. The number of methoxy groups -OCH3 is 1. The maximum atomic E-state index is 12.7. The van der Waals surface area contributed by atoms with Crippen LogP contribution in [0.15, 0.2) is 41.0 Å². The smallest absolute Gasteiger partial charge is 0.289 e. The number of fused-ring (bicyclic) bond motifs is 1. The zero-order valence-electron chi connectivity index (χ0n) is 14.8. The minimum absolute atomic E-state index is 0.113. The molecule has 27 heavy (non-hydrogen) atoms. The van der Waals surface area contributed by atoms with Crippen LogP contribution in [0.5, 0.6) is 5.75 Å². The number of carbonyl (C=O) groups is 2. The Balaban J connectivity index is 1.44. The Bertz CT molecular complexity index is 967. The largest absolute Gasteiger partial charge is 0.497 e. The minimum Gasteiger partial charge on any atom is -0.497 e. The molecule has 2 amide bonds. The lowest BCUT2D eigenvalue weighted by Crippen LogP contribution is -2.43. The Morgan fingerprint density at radius 1 is 1.37 bits per heavy atom. The van der Waals surface area contributed by atoms with E-state index >= 15 is 0 Å². The van der Waals surface area contributed by atoms with Crippen molar-refractivity contribution in [1.29, 1.82) is 0 Å². The number of nitrogens with one attached hydrogen (secondary N) is 1. The van der Waals surface area contributed by atoms with Crippen LogP contribution in [-0.2, 0) is 4.79 Å². The number of carbonyl (C=O) groups excluding carboxylic acids is 2. The molecular formula is C19H19N3O4S. The fourth-order valence-corrected chi connectivity index (χ4v) is 4.12. The van der Waals surface area contributed by atoms with Crippen molar-refractivity contribution in [2.45, 2.75) is 12.8 Å².